The molecule has 0 aromatic heterocycles. The van der Waals surface area contributed by atoms with Crippen LogP contribution in [0.15, 0.2) is 0 Å². The molecule has 4 nitrogen and oxygen atoms in total. The molecule has 4 heteroatoms. The molecule has 74 valence electrons. The van der Waals surface area contributed by atoms with Crippen LogP contribution >= 0.6 is 0 Å². The molecule has 0 aromatic rings. The van der Waals surface area contributed by atoms with Gasteiger partial charge < -0.3 is 9.80 Å². The Morgan fingerprint density at radius 2 is 1.92 bits per heavy atom. The highest BCUT2D eigenvalue weighted by atomic mass is 16.2. The Morgan fingerprint density at radius 1 is 1.31 bits per heavy atom. The summed E-state index contributed by atoms with van der Waals surface area (Å²) in [5.41, 5.74) is 0.127. The zero-order chi connectivity index (χ0) is 9.64. The van der Waals surface area contributed by atoms with Crippen LogP contribution in [0.2, 0.25) is 0 Å². The molecule has 0 unspecified atom stereocenters. The first-order valence-corrected chi connectivity index (χ1v) is 4.80. The third-order valence-electron chi connectivity index (χ3n) is 3.34. The summed E-state index contributed by atoms with van der Waals surface area (Å²) in [6.45, 7) is 6.21. The Labute approximate surface area is 79.1 Å². The maximum atomic E-state index is 11.5. The van der Waals surface area contributed by atoms with E-state index >= 15 is 0 Å². The summed E-state index contributed by atoms with van der Waals surface area (Å²) in [4.78, 5) is 17.6. The second-order valence-electron chi connectivity index (χ2n) is 4.23. The van der Waals surface area contributed by atoms with Crippen LogP contribution in [0.4, 0.5) is 4.79 Å². The average Bonchev–Trinajstić information content (AvgIpc) is 2.27. The molecule has 0 aliphatic carbocycles. The number of likely N-dealkylation sites (N-methyl/N-ethyl adjacent to an activating group) is 3. The maximum Gasteiger partial charge on any atom is 0.320 e. The predicted octanol–water partition coefficient (Wildman–Crippen LogP) is 0.0579. The molecule has 2 amide bonds. The summed E-state index contributed by atoms with van der Waals surface area (Å²) in [6.07, 6.45) is 0. The lowest BCUT2D eigenvalue weighted by Crippen LogP contribution is -2.68. The molecule has 2 saturated heterocycles. The van der Waals surface area contributed by atoms with E-state index in [-0.39, 0.29) is 11.6 Å². The van der Waals surface area contributed by atoms with E-state index in [4.69, 9.17) is 0 Å². The number of carbonyl (C=O) groups excluding carboxylic acids is 1. The number of nitrogens with zero attached hydrogens (tertiary/aromatic N) is 3. The van der Waals surface area contributed by atoms with Gasteiger partial charge in [-0.05, 0) is 6.54 Å². The van der Waals surface area contributed by atoms with Crippen LogP contribution in [-0.4, -0.2) is 66.5 Å². The second-order valence-corrected chi connectivity index (χ2v) is 4.23. The monoisotopic (exact) mass is 183 g/mol. The van der Waals surface area contributed by atoms with Gasteiger partial charge in [-0.3, -0.25) is 4.90 Å². The van der Waals surface area contributed by atoms with E-state index < -0.39 is 0 Å². The molecule has 0 saturated carbocycles. The van der Waals surface area contributed by atoms with Gasteiger partial charge in [-0.1, -0.05) is 6.92 Å². The van der Waals surface area contributed by atoms with Gasteiger partial charge in [0.1, 0.15) is 0 Å². The molecule has 0 N–H and O–H groups in total. The van der Waals surface area contributed by atoms with Gasteiger partial charge in [0.2, 0.25) is 0 Å². The lowest BCUT2D eigenvalue weighted by Gasteiger charge is -2.50. The largest absolute Gasteiger partial charge is 0.325 e. The van der Waals surface area contributed by atoms with Crippen molar-refractivity contribution in [1.82, 2.24) is 14.7 Å². The van der Waals surface area contributed by atoms with E-state index in [0.29, 0.717) is 0 Å². The molecule has 2 heterocycles. The van der Waals surface area contributed by atoms with Crippen LogP contribution in [-0.2, 0) is 0 Å². The van der Waals surface area contributed by atoms with Gasteiger partial charge in [-0.25, -0.2) is 4.79 Å². The highest BCUT2D eigenvalue weighted by Gasteiger charge is 2.53. The van der Waals surface area contributed by atoms with Gasteiger partial charge in [-0.2, -0.15) is 0 Å². The van der Waals surface area contributed by atoms with Crippen LogP contribution < -0.4 is 0 Å². The van der Waals surface area contributed by atoms with Gasteiger partial charge in [-0.15, -0.1) is 0 Å². The molecule has 0 bridgehead atoms. The van der Waals surface area contributed by atoms with Crippen molar-refractivity contribution in [3.63, 3.8) is 0 Å². The highest BCUT2D eigenvalue weighted by molar-refractivity contribution is 5.78. The SMILES string of the molecule is CCN1CC2(C1)CN(C)C(=O)N2C. The van der Waals surface area contributed by atoms with E-state index in [1.165, 1.54) is 0 Å². The van der Waals surface area contributed by atoms with Crippen LogP contribution in [0.3, 0.4) is 0 Å². The third kappa shape index (κ3) is 1.05. The zero-order valence-electron chi connectivity index (χ0n) is 8.58. The minimum atomic E-state index is 0.127. The van der Waals surface area contributed by atoms with Crippen molar-refractivity contribution in [1.29, 1.82) is 0 Å². The van der Waals surface area contributed by atoms with Gasteiger partial charge in [0.15, 0.2) is 0 Å². The summed E-state index contributed by atoms with van der Waals surface area (Å²) in [5, 5.41) is 0. The molecule has 2 fully saturated rings. The lowest BCUT2D eigenvalue weighted by atomic mass is 9.89. The zero-order valence-corrected chi connectivity index (χ0v) is 8.58. The van der Waals surface area contributed by atoms with Crippen molar-refractivity contribution >= 4 is 6.03 Å². The van der Waals surface area contributed by atoms with E-state index in [9.17, 15) is 4.79 Å². The topological polar surface area (TPSA) is 26.8 Å². The Balaban J connectivity index is 2.07. The summed E-state index contributed by atoms with van der Waals surface area (Å²) < 4.78 is 0. The molecule has 1 spiro atoms. The third-order valence-corrected chi connectivity index (χ3v) is 3.34. The fraction of sp³-hybridized carbons (Fsp3) is 0.889. The minimum absolute atomic E-state index is 0.127. The molecule has 2 aliphatic heterocycles. The van der Waals surface area contributed by atoms with Gasteiger partial charge >= 0.3 is 6.03 Å². The minimum Gasteiger partial charge on any atom is -0.325 e. The Hall–Kier alpha value is -0.770. The first-order valence-electron chi connectivity index (χ1n) is 4.80. The number of rotatable bonds is 1. The van der Waals surface area contributed by atoms with E-state index in [1.807, 2.05) is 23.9 Å². The van der Waals surface area contributed by atoms with E-state index in [2.05, 4.69) is 11.8 Å². The fourth-order valence-electron chi connectivity index (χ4n) is 2.40. The quantitative estimate of drug-likeness (QED) is 0.574. The summed E-state index contributed by atoms with van der Waals surface area (Å²) >= 11 is 0. The molecule has 0 aromatic carbocycles. The second kappa shape index (κ2) is 2.61. The standard InChI is InChI=1S/C9H17N3O/c1-4-12-6-9(7-12)5-10(2)8(13)11(9)3/h4-7H2,1-3H3. The molecule has 2 aliphatic rings. The number of amides is 2. The van der Waals surface area contributed by atoms with Crippen LogP contribution in [0.25, 0.3) is 0 Å². The van der Waals surface area contributed by atoms with Crippen molar-refractivity contribution in [3.05, 3.63) is 0 Å². The number of likely N-dealkylation sites (tertiary alicyclic amines) is 1. The van der Waals surface area contributed by atoms with E-state index in [0.717, 1.165) is 26.2 Å². The number of carbonyl (C=O) groups is 1. The first-order chi connectivity index (χ1) is 6.09. The Bertz CT molecular complexity index is 235. The summed E-state index contributed by atoms with van der Waals surface area (Å²) in [6, 6.07) is 0.163. The summed E-state index contributed by atoms with van der Waals surface area (Å²) in [7, 11) is 3.79. The van der Waals surface area contributed by atoms with Crippen LogP contribution in [0, 0.1) is 0 Å². The van der Waals surface area contributed by atoms with Crippen LogP contribution in [0.1, 0.15) is 6.92 Å². The van der Waals surface area contributed by atoms with Crippen molar-refractivity contribution < 1.29 is 4.79 Å². The number of hydrogen-bond donors (Lipinski definition) is 0. The molecule has 13 heavy (non-hydrogen) atoms. The first kappa shape index (κ1) is 8.81. The normalized spacial score (nSPS) is 27.2. The van der Waals surface area contributed by atoms with Crippen molar-refractivity contribution in [2.24, 2.45) is 0 Å². The van der Waals surface area contributed by atoms with Crippen molar-refractivity contribution in [2.45, 2.75) is 12.5 Å². The fourth-order valence-corrected chi connectivity index (χ4v) is 2.40. The molecule has 0 atom stereocenters. The van der Waals surface area contributed by atoms with Gasteiger partial charge in [0, 0.05) is 33.7 Å². The van der Waals surface area contributed by atoms with Gasteiger partial charge in [0.25, 0.3) is 0 Å². The molecule has 2 rings (SSSR count). The predicted molar refractivity (Wildman–Crippen MR) is 50.6 cm³/mol. The molecular formula is C9H17N3O. The Morgan fingerprint density at radius 3 is 2.31 bits per heavy atom. The maximum absolute atomic E-state index is 11.5. The highest BCUT2D eigenvalue weighted by Crippen LogP contribution is 2.32. The summed E-state index contributed by atoms with van der Waals surface area (Å²) in [5.74, 6) is 0. The van der Waals surface area contributed by atoms with Crippen molar-refractivity contribution in [2.75, 3.05) is 40.3 Å². The molecule has 0 radical (unpaired) electrons. The average molecular weight is 183 g/mol. The molecular weight excluding hydrogens is 166 g/mol. The smallest absolute Gasteiger partial charge is 0.320 e. The number of hydrogen-bond acceptors (Lipinski definition) is 2. The lowest BCUT2D eigenvalue weighted by molar-refractivity contribution is 0.00587. The number of urea groups is 1. The van der Waals surface area contributed by atoms with Crippen molar-refractivity contribution in [3.8, 4) is 0 Å². The van der Waals surface area contributed by atoms with Crippen LogP contribution in [0.5, 0.6) is 0 Å². The Kier molecular flexibility index (Phi) is 1.77. The van der Waals surface area contributed by atoms with Gasteiger partial charge in [0.05, 0.1) is 5.54 Å². The van der Waals surface area contributed by atoms with E-state index in [1.54, 1.807) is 0 Å².